The highest BCUT2D eigenvalue weighted by Crippen LogP contribution is 2.49. The number of halogens is 3. The quantitative estimate of drug-likeness (QED) is 0.326. The standard InChI is InChI=1S/C28H28F3N5/c1-4-19-8-5-6-9-22(19)32-18(3)20-12-17(2)13-21-24(20)34-26(35-15-27(16-35)10-7-11-27)36-14-23(28(29,30)31)33-25(21)36/h4-6,8-9,12-14,18,32H,1,7,10-11,15-16H2,2-3H3. The predicted octanol–water partition coefficient (Wildman–Crippen LogP) is 7.02. The summed E-state index contributed by atoms with van der Waals surface area (Å²) in [6.45, 7) is 9.53. The van der Waals surface area contributed by atoms with Gasteiger partial charge in [0, 0.05) is 41.3 Å². The Hall–Kier alpha value is -3.55. The van der Waals surface area contributed by atoms with Gasteiger partial charge < -0.3 is 10.2 Å². The fraction of sp³-hybridized carbons (Fsp3) is 0.357. The van der Waals surface area contributed by atoms with Crippen LogP contribution in [0.4, 0.5) is 24.8 Å². The third-order valence-corrected chi connectivity index (χ3v) is 7.72. The van der Waals surface area contributed by atoms with Crippen molar-refractivity contribution in [2.75, 3.05) is 23.3 Å². The van der Waals surface area contributed by atoms with Gasteiger partial charge in [0.15, 0.2) is 5.69 Å². The molecule has 1 unspecified atom stereocenters. The third kappa shape index (κ3) is 3.62. The molecule has 1 spiro atoms. The molecule has 2 aromatic carbocycles. The average molecular weight is 492 g/mol. The van der Waals surface area contributed by atoms with Crippen molar-refractivity contribution in [3.8, 4) is 0 Å². The van der Waals surface area contributed by atoms with Crippen LogP contribution in [0, 0.1) is 12.3 Å². The summed E-state index contributed by atoms with van der Waals surface area (Å²) < 4.78 is 42.7. The zero-order chi connectivity index (χ0) is 25.2. The van der Waals surface area contributed by atoms with Crippen LogP contribution in [0.3, 0.4) is 0 Å². The van der Waals surface area contributed by atoms with E-state index in [1.807, 2.05) is 44.2 Å². The summed E-state index contributed by atoms with van der Waals surface area (Å²) in [6.07, 6.45) is 1.92. The number of aryl methyl sites for hydroxylation is 1. The lowest BCUT2D eigenvalue weighted by Gasteiger charge is -2.56. The minimum Gasteiger partial charge on any atom is -0.378 e. The fourth-order valence-electron chi connectivity index (χ4n) is 5.68. The minimum absolute atomic E-state index is 0.150. The zero-order valence-electron chi connectivity index (χ0n) is 20.4. The number of benzene rings is 2. The van der Waals surface area contributed by atoms with Crippen LogP contribution in [-0.4, -0.2) is 27.5 Å². The first-order valence-corrected chi connectivity index (χ1v) is 12.3. The van der Waals surface area contributed by atoms with Gasteiger partial charge in [-0.2, -0.15) is 13.2 Å². The van der Waals surface area contributed by atoms with E-state index in [0.29, 0.717) is 27.9 Å². The first-order chi connectivity index (χ1) is 17.2. The van der Waals surface area contributed by atoms with E-state index in [-0.39, 0.29) is 6.04 Å². The Morgan fingerprint density at radius 1 is 1.14 bits per heavy atom. The second-order valence-corrected chi connectivity index (χ2v) is 10.3. The van der Waals surface area contributed by atoms with Crippen molar-refractivity contribution in [1.29, 1.82) is 0 Å². The van der Waals surface area contributed by atoms with Gasteiger partial charge in [-0.1, -0.05) is 43.3 Å². The second kappa shape index (κ2) is 7.98. The normalized spacial score (nSPS) is 17.8. The van der Waals surface area contributed by atoms with Gasteiger partial charge in [-0.3, -0.25) is 4.40 Å². The van der Waals surface area contributed by atoms with Crippen LogP contribution in [-0.2, 0) is 6.18 Å². The minimum atomic E-state index is -4.53. The van der Waals surface area contributed by atoms with Crippen molar-refractivity contribution < 1.29 is 13.2 Å². The Morgan fingerprint density at radius 2 is 1.89 bits per heavy atom. The molecule has 1 aliphatic carbocycles. The van der Waals surface area contributed by atoms with E-state index in [4.69, 9.17) is 4.98 Å². The number of hydrogen-bond donors (Lipinski definition) is 1. The Labute approximate surface area is 207 Å². The van der Waals surface area contributed by atoms with Crippen LogP contribution in [0.1, 0.15) is 54.6 Å². The Balaban J connectivity index is 1.52. The molecule has 5 nitrogen and oxygen atoms in total. The van der Waals surface area contributed by atoms with Gasteiger partial charge >= 0.3 is 6.18 Å². The van der Waals surface area contributed by atoms with Crippen LogP contribution in [0.15, 0.2) is 49.2 Å². The summed E-state index contributed by atoms with van der Waals surface area (Å²) in [4.78, 5) is 11.2. The van der Waals surface area contributed by atoms with Crippen molar-refractivity contribution in [3.05, 3.63) is 71.6 Å². The van der Waals surface area contributed by atoms with Crippen LogP contribution in [0.2, 0.25) is 0 Å². The lowest BCUT2D eigenvalue weighted by molar-refractivity contribution is -0.140. The number of anilines is 2. The Kier molecular flexibility index (Phi) is 5.07. The molecule has 1 aliphatic heterocycles. The van der Waals surface area contributed by atoms with Crippen LogP contribution in [0.25, 0.3) is 22.6 Å². The predicted molar refractivity (Wildman–Crippen MR) is 137 cm³/mol. The molecule has 186 valence electrons. The highest BCUT2D eigenvalue weighted by atomic mass is 19.4. The van der Waals surface area contributed by atoms with E-state index in [1.54, 1.807) is 6.08 Å². The molecule has 6 rings (SSSR count). The molecular weight excluding hydrogens is 463 g/mol. The Bertz CT molecular complexity index is 1490. The van der Waals surface area contributed by atoms with E-state index in [1.165, 1.54) is 23.7 Å². The maximum absolute atomic E-state index is 13.7. The van der Waals surface area contributed by atoms with Gasteiger partial charge in [0.1, 0.15) is 5.65 Å². The van der Waals surface area contributed by atoms with E-state index < -0.39 is 11.9 Å². The number of nitrogens with zero attached hydrogens (tertiary/aromatic N) is 4. The van der Waals surface area contributed by atoms with E-state index in [9.17, 15) is 13.2 Å². The average Bonchev–Trinajstić information content (AvgIpc) is 3.24. The lowest BCUT2D eigenvalue weighted by atomic mass is 9.64. The van der Waals surface area contributed by atoms with Crippen molar-refractivity contribution in [2.45, 2.75) is 45.3 Å². The van der Waals surface area contributed by atoms with E-state index in [2.05, 4.69) is 27.8 Å². The van der Waals surface area contributed by atoms with Crippen molar-refractivity contribution in [2.24, 2.45) is 5.41 Å². The number of fused-ring (bicyclic) bond motifs is 3. The fourth-order valence-corrected chi connectivity index (χ4v) is 5.68. The number of rotatable bonds is 5. The van der Waals surface area contributed by atoms with Crippen molar-refractivity contribution >= 4 is 34.3 Å². The topological polar surface area (TPSA) is 45.5 Å². The number of hydrogen-bond acceptors (Lipinski definition) is 4. The molecule has 36 heavy (non-hydrogen) atoms. The molecule has 1 atom stereocenters. The van der Waals surface area contributed by atoms with Crippen LogP contribution >= 0.6 is 0 Å². The third-order valence-electron chi connectivity index (χ3n) is 7.72. The largest absolute Gasteiger partial charge is 0.434 e. The first kappa shape index (κ1) is 22.9. The molecule has 0 amide bonds. The molecular formula is C28H28F3N5. The SMILES string of the molecule is C=Cc1ccccc1NC(C)c1cc(C)cc2c1nc(N1CC3(CCC3)C1)n1cc(C(F)(F)F)nc21. The summed E-state index contributed by atoms with van der Waals surface area (Å²) >= 11 is 0. The van der Waals surface area contributed by atoms with Gasteiger partial charge in [0.2, 0.25) is 5.95 Å². The smallest absolute Gasteiger partial charge is 0.378 e. The number of imidazole rings is 1. The maximum Gasteiger partial charge on any atom is 0.434 e. The number of para-hydroxylation sites is 1. The molecule has 3 heterocycles. The lowest BCUT2D eigenvalue weighted by Crippen LogP contribution is -2.60. The molecule has 2 aromatic heterocycles. The number of aromatic nitrogens is 3. The van der Waals surface area contributed by atoms with Crippen molar-refractivity contribution in [1.82, 2.24) is 14.4 Å². The van der Waals surface area contributed by atoms with Crippen LogP contribution in [0.5, 0.6) is 0 Å². The summed E-state index contributed by atoms with van der Waals surface area (Å²) in [5, 5.41) is 4.17. The van der Waals surface area contributed by atoms with Crippen molar-refractivity contribution in [3.63, 3.8) is 0 Å². The van der Waals surface area contributed by atoms with Crippen LogP contribution < -0.4 is 10.2 Å². The molecule has 2 fully saturated rings. The summed E-state index contributed by atoms with van der Waals surface area (Å²) in [6, 6.07) is 11.7. The highest BCUT2D eigenvalue weighted by molar-refractivity contribution is 5.96. The zero-order valence-corrected chi connectivity index (χ0v) is 20.4. The van der Waals surface area contributed by atoms with E-state index >= 15 is 0 Å². The molecule has 4 aromatic rings. The van der Waals surface area contributed by atoms with Gasteiger partial charge in [0.05, 0.1) is 11.6 Å². The summed E-state index contributed by atoms with van der Waals surface area (Å²) in [5.41, 5.74) is 4.14. The van der Waals surface area contributed by atoms with Gasteiger partial charge in [-0.25, -0.2) is 9.97 Å². The summed E-state index contributed by atoms with van der Waals surface area (Å²) in [7, 11) is 0. The second-order valence-electron chi connectivity index (χ2n) is 10.3. The van der Waals surface area contributed by atoms with Gasteiger partial charge in [-0.05, 0) is 49.9 Å². The maximum atomic E-state index is 13.7. The first-order valence-electron chi connectivity index (χ1n) is 12.3. The molecule has 0 bridgehead atoms. The molecule has 8 heteroatoms. The number of alkyl halides is 3. The molecule has 1 N–H and O–H groups in total. The molecule has 0 radical (unpaired) electrons. The molecule has 2 aliphatic rings. The Morgan fingerprint density at radius 3 is 2.56 bits per heavy atom. The molecule has 1 saturated heterocycles. The highest BCUT2D eigenvalue weighted by Gasteiger charge is 2.48. The van der Waals surface area contributed by atoms with Gasteiger partial charge in [0.25, 0.3) is 0 Å². The van der Waals surface area contributed by atoms with Gasteiger partial charge in [-0.15, -0.1) is 0 Å². The monoisotopic (exact) mass is 491 g/mol. The summed E-state index contributed by atoms with van der Waals surface area (Å²) in [5.74, 6) is 0.529. The number of nitrogens with one attached hydrogen (secondary N) is 1. The molecule has 1 saturated carbocycles. The van der Waals surface area contributed by atoms with E-state index in [0.717, 1.165) is 41.7 Å².